The van der Waals surface area contributed by atoms with Crippen molar-refractivity contribution in [2.24, 2.45) is 5.92 Å². The molecular formula is C16H29N5. The van der Waals surface area contributed by atoms with Crippen molar-refractivity contribution in [3.8, 4) is 0 Å². The monoisotopic (exact) mass is 291 g/mol. The number of aromatic nitrogens is 2. The Morgan fingerprint density at radius 1 is 1.14 bits per heavy atom. The molecule has 1 aliphatic rings. The van der Waals surface area contributed by atoms with Gasteiger partial charge >= 0.3 is 0 Å². The van der Waals surface area contributed by atoms with Gasteiger partial charge in [0, 0.05) is 32.7 Å². The SMILES string of the molecule is CCCN1CCN(c2cnc(CNCC(C)C)cn2)CC1. The third-order valence-corrected chi connectivity index (χ3v) is 3.79. The van der Waals surface area contributed by atoms with E-state index in [0.717, 1.165) is 50.8 Å². The Hall–Kier alpha value is -1.20. The van der Waals surface area contributed by atoms with Crippen LogP contribution in [0, 0.1) is 5.92 Å². The van der Waals surface area contributed by atoms with Crippen LogP contribution in [0.15, 0.2) is 12.4 Å². The van der Waals surface area contributed by atoms with E-state index in [-0.39, 0.29) is 0 Å². The molecule has 1 aromatic heterocycles. The van der Waals surface area contributed by atoms with Gasteiger partial charge in [-0.3, -0.25) is 9.88 Å². The molecule has 0 saturated carbocycles. The molecule has 118 valence electrons. The van der Waals surface area contributed by atoms with Crippen molar-refractivity contribution < 1.29 is 0 Å². The van der Waals surface area contributed by atoms with E-state index in [2.05, 4.69) is 45.9 Å². The average Bonchev–Trinajstić information content (AvgIpc) is 2.49. The van der Waals surface area contributed by atoms with Gasteiger partial charge in [-0.25, -0.2) is 4.98 Å². The van der Waals surface area contributed by atoms with Crippen LogP contribution in [0.2, 0.25) is 0 Å². The van der Waals surface area contributed by atoms with Crippen LogP contribution in [-0.4, -0.2) is 54.1 Å². The van der Waals surface area contributed by atoms with E-state index < -0.39 is 0 Å². The summed E-state index contributed by atoms with van der Waals surface area (Å²) < 4.78 is 0. The van der Waals surface area contributed by atoms with Crippen molar-refractivity contribution in [2.75, 3.05) is 44.2 Å². The standard InChI is InChI=1S/C16H29N5/c1-4-5-20-6-8-21(9-7-20)16-13-18-15(12-19-16)11-17-10-14(2)3/h12-14,17H,4-11H2,1-3H3. The molecule has 1 aromatic rings. The number of piperazine rings is 1. The predicted octanol–water partition coefficient (Wildman–Crippen LogP) is 1.75. The first-order valence-corrected chi connectivity index (χ1v) is 8.18. The van der Waals surface area contributed by atoms with Crippen molar-refractivity contribution in [3.05, 3.63) is 18.1 Å². The maximum atomic E-state index is 4.58. The van der Waals surface area contributed by atoms with Gasteiger partial charge in [-0.2, -0.15) is 0 Å². The molecule has 1 saturated heterocycles. The van der Waals surface area contributed by atoms with Gasteiger partial charge in [-0.1, -0.05) is 20.8 Å². The fourth-order valence-corrected chi connectivity index (χ4v) is 2.61. The summed E-state index contributed by atoms with van der Waals surface area (Å²) in [6.45, 7) is 14.1. The summed E-state index contributed by atoms with van der Waals surface area (Å²) in [5.74, 6) is 1.68. The molecule has 0 aromatic carbocycles. The molecule has 1 fully saturated rings. The number of nitrogens with one attached hydrogen (secondary N) is 1. The van der Waals surface area contributed by atoms with Crippen LogP contribution in [0.4, 0.5) is 5.82 Å². The molecule has 0 radical (unpaired) electrons. The van der Waals surface area contributed by atoms with Gasteiger partial charge in [-0.05, 0) is 25.4 Å². The van der Waals surface area contributed by atoms with Crippen molar-refractivity contribution in [1.29, 1.82) is 0 Å². The lowest BCUT2D eigenvalue weighted by Crippen LogP contribution is -2.46. The summed E-state index contributed by atoms with van der Waals surface area (Å²) >= 11 is 0. The second-order valence-corrected chi connectivity index (χ2v) is 6.22. The van der Waals surface area contributed by atoms with E-state index in [0.29, 0.717) is 5.92 Å². The molecule has 21 heavy (non-hydrogen) atoms. The summed E-state index contributed by atoms with van der Waals surface area (Å²) in [5, 5.41) is 3.40. The summed E-state index contributed by atoms with van der Waals surface area (Å²) in [5.41, 5.74) is 1.02. The lowest BCUT2D eigenvalue weighted by molar-refractivity contribution is 0.258. The Kier molecular flexibility index (Phi) is 6.39. The van der Waals surface area contributed by atoms with E-state index in [4.69, 9.17) is 0 Å². The topological polar surface area (TPSA) is 44.3 Å². The molecule has 5 heteroatoms. The molecule has 1 N–H and O–H groups in total. The maximum absolute atomic E-state index is 4.58. The Bertz CT molecular complexity index is 396. The Labute approximate surface area is 128 Å². The summed E-state index contributed by atoms with van der Waals surface area (Å²) in [6, 6.07) is 0. The van der Waals surface area contributed by atoms with Crippen LogP contribution < -0.4 is 10.2 Å². The van der Waals surface area contributed by atoms with Crippen molar-refractivity contribution in [2.45, 2.75) is 33.7 Å². The molecule has 0 atom stereocenters. The van der Waals surface area contributed by atoms with Crippen LogP contribution >= 0.6 is 0 Å². The first-order valence-electron chi connectivity index (χ1n) is 8.18. The van der Waals surface area contributed by atoms with Crippen LogP contribution in [0.5, 0.6) is 0 Å². The zero-order valence-electron chi connectivity index (χ0n) is 13.7. The lowest BCUT2D eigenvalue weighted by Gasteiger charge is -2.35. The van der Waals surface area contributed by atoms with E-state index in [1.807, 2.05) is 12.4 Å². The highest BCUT2D eigenvalue weighted by Gasteiger charge is 2.17. The van der Waals surface area contributed by atoms with Crippen molar-refractivity contribution in [1.82, 2.24) is 20.2 Å². The van der Waals surface area contributed by atoms with E-state index in [1.54, 1.807) is 0 Å². The summed E-state index contributed by atoms with van der Waals surface area (Å²) in [6.07, 6.45) is 5.06. The molecule has 0 aliphatic carbocycles. The third-order valence-electron chi connectivity index (χ3n) is 3.79. The molecule has 2 heterocycles. The Morgan fingerprint density at radius 3 is 2.48 bits per heavy atom. The fourth-order valence-electron chi connectivity index (χ4n) is 2.61. The van der Waals surface area contributed by atoms with Crippen LogP contribution in [0.25, 0.3) is 0 Å². The van der Waals surface area contributed by atoms with Gasteiger partial charge in [-0.15, -0.1) is 0 Å². The molecule has 0 unspecified atom stereocenters. The molecule has 2 rings (SSSR count). The van der Waals surface area contributed by atoms with Gasteiger partial charge < -0.3 is 10.2 Å². The Balaban J connectivity index is 1.79. The second-order valence-electron chi connectivity index (χ2n) is 6.22. The highest BCUT2D eigenvalue weighted by atomic mass is 15.3. The lowest BCUT2D eigenvalue weighted by atomic mass is 10.2. The number of hydrogen-bond donors (Lipinski definition) is 1. The number of nitrogens with zero attached hydrogens (tertiary/aromatic N) is 4. The number of anilines is 1. The summed E-state index contributed by atoms with van der Waals surface area (Å²) in [7, 11) is 0. The Morgan fingerprint density at radius 2 is 1.90 bits per heavy atom. The first-order chi connectivity index (χ1) is 10.2. The van der Waals surface area contributed by atoms with Gasteiger partial charge in [0.25, 0.3) is 0 Å². The maximum Gasteiger partial charge on any atom is 0.147 e. The van der Waals surface area contributed by atoms with E-state index in [9.17, 15) is 0 Å². The van der Waals surface area contributed by atoms with Crippen molar-refractivity contribution >= 4 is 5.82 Å². The highest BCUT2D eigenvalue weighted by molar-refractivity contribution is 5.36. The van der Waals surface area contributed by atoms with Crippen LogP contribution in [-0.2, 0) is 6.54 Å². The molecule has 1 aliphatic heterocycles. The summed E-state index contributed by atoms with van der Waals surface area (Å²) in [4.78, 5) is 14.0. The minimum absolute atomic E-state index is 0.664. The number of rotatable bonds is 7. The van der Waals surface area contributed by atoms with Gasteiger partial charge in [0.1, 0.15) is 5.82 Å². The predicted molar refractivity (Wildman–Crippen MR) is 87.5 cm³/mol. The van der Waals surface area contributed by atoms with Crippen molar-refractivity contribution in [3.63, 3.8) is 0 Å². The second kappa shape index (κ2) is 8.29. The van der Waals surface area contributed by atoms with Crippen LogP contribution in [0.3, 0.4) is 0 Å². The zero-order valence-corrected chi connectivity index (χ0v) is 13.7. The average molecular weight is 291 g/mol. The quantitative estimate of drug-likeness (QED) is 0.829. The molecule has 0 bridgehead atoms. The first kappa shape index (κ1) is 16.2. The number of hydrogen-bond acceptors (Lipinski definition) is 5. The minimum atomic E-state index is 0.664. The van der Waals surface area contributed by atoms with E-state index in [1.165, 1.54) is 13.0 Å². The van der Waals surface area contributed by atoms with E-state index >= 15 is 0 Å². The normalized spacial score (nSPS) is 16.7. The molecule has 0 spiro atoms. The highest BCUT2D eigenvalue weighted by Crippen LogP contribution is 2.12. The van der Waals surface area contributed by atoms with Crippen LogP contribution in [0.1, 0.15) is 32.9 Å². The van der Waals surface area contributed by atoms with Gasteiger partial charge in [0.15, 0.2) is 0 Å². The molecule has 0 amide bonds. The third kappa shape index (κ3) is 5.25. The van der Waals surface area contributed by atoms with Gasteiger partial charge in [0.2, 0.25) is 0 Å². The molecular weight excluding hydrogens is 262 g/mol. The van der Waals surface area contributed by atoms with Gasteiger partial charge in [0.05, 0.1) is 18.1 Å². The molecule has 5 nitrogen and oxygen atoms in total. The minimum Gasteiger partial charge on any atom is -0.353 e. The largest absolute Gasteiger partial charge is 0.353 e. The zero-order chi connectivity index (χ0) is 15.1. The smallest absolute Gasteiger partial charge is 0.147 e. The fraction of sp³-hybridized carbons (Fsp3) is 0.750.